The van der Waals surface area contributed by atoms with Crippen molar-refractivity contribution >= 4 is 173 Å². The lowest BCUT2D eigenvalue weighted by Gasteiger charge is -2.14. The van der Waals surface area contributed by atoms with E-state index in [1.807, 2.05) is 84.1 Å². The van der Waals surface area contributed by atoms with Crippen molar-refractivity contribution in [1.29, 1.82) is 0 Å². The lowest BCUT2D eigenvalue weighted by atomic mass is 9.94. The maximum Gasteiger partial charge on any atom is 0.238 e. The monoisotopic (exact) mass is 1620 g/mol. The number of fused-ring (bicyclic) bond motifs is 24. The highest BCUT2D eigenvalue weighted by Crippen LogP contribution is 2.47. The van der Waals surface area contributed by atoms with Crippen LogP contribution >= 0.6 is 11.3 Å². The van der Waals surface area contributed by atoms with E-state index in [4.69, 9.17) is 19.4 Å². The van der Waals surface area contributed by atoms with E-state index >= 15 is 0 Å². The Balaban J connectivity index is 0.000000134. The van der Waals surface area contributed by atoms with Gasteiger partial charge < -0.3 is 18.1 Å². The Labute approximate surface area is 726 Å². The van der Waals surface area contributed by atoms with E-state index in [2.05, 4.69) is 376 Å². The molecule has 7 aromatic heterocycles. The average molecular weight is 1620 g/mol. The minimum Gasteiger partial charge on any atom is -0.455 e. The van der Waals surface area contributed by atoms with Gasteiger partial charge in [-0.25, -0.2) is 4.98 Å². The van der Waals surface area contributed by atoms with Crippen LogP contribution in [0.15, 0.2) is 435 Å². The molecule has 0 spiro atoms. The molecule has 0 N–H and O–H groups in total. The summed E-state index contributed by atoms with van der Waals surface area (Å²) < 4.78 is 18.5. The summed E-state index contributed by atoms with van der Waals surface area (Å²) in [5.41, 5.74) is 25.7. The van der Waals surface area contributed by atoms with E-state index < -0.39 is 0 Å². The molecule has 27 aromatic rings. The third kappa shape index (κ3) is 11.3. The zero-order valence-corrected chi connectivity index (χ0v) is 68.8. The molecule has 0 saturated heterocycles. The fraction of sp³-hybridized carbons (Fsp3) is 0. The highest BCUT2D eigenvalue weighted by atomic mass is 32.1. The van der Waals surface area contributed by atoms with Crippen LogP contribution in [0.2, 0.25) is 0 Å². The molecular formula is C117H71N7OS. The lowest BCUT2D eigenvalue weighted by Crippen LogP contribution is -2.06. The van der Waals surface area contributed by atoms with Crippen molar-refractivity contribution in [2.24, 2.45) is 0 Å². The van der Waals surface area contributed by atoms with Crippen molar-refractivity contribution in [2.45, 2.75) is 0 Å². The van der Waals surface area contributed by atoms with Crippen molar-refractivity contribution < 1.29 is 4.42 Å². The summed E-state index contributed by atoms with van der Waals surface area (Å²) in [7, 11) is 0. The summed E-state index contributed by atoms with van der Waals surface area (Å²) in [6, 6.07) is 156. The molecule has 0 bridgehead atoms. The van der Waals surface area contributed by atoms with Crippen LogP contribution in [0.4, 0.5) is 0 Å². The molecule has 7 heterocycles. The Bertz CT molecular complexity index is 9070. The van der Waals surface area contributed by atoms with Crippen LogP contribution < -0.4 is 0 Å². The Morgan fingerprint density at radius 3 is 1.10 bits per heavy atom. The summed E-state index contributed by atoms with van der Waals surface area (Å²) in [6.45, 7) is 0. The molecule has 8 nitrogen and oxygen atoms in total. The van der Waals surface area contributed by atoms with Gasteiger partial charge in [-0.2, -0.15) is 9.97 Å². The molecule has 0 aliphatic rings. The van der Waals surface area contributed by atoms with E-state index in [-0.39, 0.29) is 0 Å². The van der Waals surface area contributed by atoms with Crippen LogP contribution in [0.5, 0.6) is 0 Å². The summed E-state index contributed by atoms with van der Waals surface area (Å²) in [5, 5.41) is 22.3. The van der Waals surface area contributed by atoms with Crippen molar-refractivity contribution in [1.82, 2.24) is 33.2 Å². The SMILES string of the molecule is c1ccc(-c2nc(-c3ccccc3)nc(-n3c4ccccc4c4cc(-c5ccc6c7ccccc7n(-c7ccc(-c8cccc9c8oc8ccccc89)cc7)c6c5)ccc43)n2)cc1.c1ccc2c(c1)sc1c(-c3ccc(-n4c5ccccc5c5cc(-c6ccc7c(c6)c6ccccc6n7-c6ccc7c8ccccc8c8ccccc8c7c6)ccc54)cc3)cccc12. The quantitative estimate of drug-likeness (QED) is 0.128. The van der Waals surface area contributed by atoms with Gasteiger partial charge in [0.25, 0.3) is 0 Å². The first kappa shape index (κ1) is 71.2. The van der Waals surface area contributed by atoms with Crippen LogP contribution in [0, 0.1) is 0 Å². The fourth-order valence-corrected chi connectivity index (χ4v) is 21.4. The second-order valence-corrected chi connectivity index (χ2v) is 33.9. The molecule has 0 aliphatic carbocycles. The molecule has 20 aromatic carbocycles. The van der Waals surface area contributed by atoms with E-state index in [0.717, 1.165) is 99.5 Å². The highest BCUT2D eigenvalue weighted by Gasteiger charge is 2.24. The van der Waals surface area contributed by atoms with Gasteiger partial charge in [0.2, 0.25) is 5.95 Å². The minimum absolute atomic E-state index is 0.577. The molecule has 126 heavy (non-hydrogen) atoms. The Hall–Kier alpha value is -16.6. The normalized spacial score (nSPS) is 12.0. The summed E-state index contributed by atoms with van der Waals surface area (Å²) in [4.78, 5) is 15.2. The van der Waals surface area contributed by atoms with Gasteiger partial charge >= 0.3 is 0 Å². The Morgan fingerprint density at radius 1 is 0.190 bits per heavy atom. The molecule has 0 atom stereocenters. The number of hydrogen-bond donors (Lipinski definition) is 0. The maximum absolute atomic E-state index is 6.41. The smallest absolute Gasteiger partial charge is 0.238 e. The standard InChI is InChI=1S/C60H36N2S.C57H35N5O/c1-2-14-45-43(12-1)44-13-3-4-15-46(44)52-36-41(30-31-47(45)52)62-56-22-9-6-17-49(56)54-35-39(27-33-58(54)62)38-26-32-57-53(34-38)48-16-5-8-21-55(48)61(57)40-28-24-37(25-29-40)42-19-11-20-51-50-18-7-10-23-59(50)63-60(42)51;1-3-14-37(15-4-1)55-58-56(38-16-5-2-6-17-38)60-57(59-55)62-50-24-11-8-19-44(50)48-34-39(29-33-51(48)62)40-28-32-45-43-18-7-10-23-49(43)61(52(45)35-40)41-30-26-36(27-31-41)42-21-13-22-47-46-20-9-12-25-53(46)63-54(42)47/h1-36H;1-35H. The first-order valence-corrected chi connectivity index (χ1v) is 43.7. The molecule has 586 valence electrons. The fourth-order valence-electron chi connectivity index (χ4n) is 20.1. The largest absolute Gasteiger partial charge is 0.455 e. The molecule has 0 aliphatic heterocycles. The van der Waals surface area contributed by atoms with Gasteiger partial charge in [0.15, 0.2) is 11.6 Å². The van der Waals surface area contributed by atoms with E-state index in [1.165, 1.54) is 135 Å². The Kier molecular flexibility index (Phi) is 16.1. The van der Waals surface area contributed by atoms with Crippen molar-refractivity contribution in [3.05, 3.63) is 431 Å². The third-order valence-corrected chi connectivity index (χ3v) is 27.1. The molecule has 0 saturated carbocycles. The first-order chi connectivity index (χ1) is 62.5. The first-order valence-electron chi connectivity index (χ1n) is 42.9. The summed E-state index contributed by atoms with van der Waals surface area (Å²) >= 11 is 1.88. The highest BCUT2D eigenvalue weighted by molar-refractivity contribution is 7.26. The van der Waals surface area contributed by atoms with E-state index in [1.54, 1.807) is 0 Å². The zero-order valence-electron chi connectivity index (χ0n) is 67.9. The molecule has 9 heteroatoms. The van der Waals surface area contributed by atoms with Gasteiger partial charge in [0.1, 0.15) is 11.2 Å². The number of thiophene rings is 1. The molecule has 0 fully saturated rings. The van der Waals surface area contributed by atoms with Crippen molar-refractivity contribution in [3.63, 3.8) is 0 Å². The lowest BCUT2D eigenvalue weighted by molar-refractivity contribution is 0.670. The van der Waals surface area contributed by atoms with Crippen LogP contribution in [0.25, 0.3) is 252 Å². The summed E-state index contributed by atoms with van der Waals surface area (Å²) in [5.74, 6) is 1.83. The number of hydrogen-bond acceptors (Lipinski definition) is 5. The minimum atomic E-state index is 0.577. The van der Waals surface area contributed by atoms with Crippen LogP contribution in [-0.4, -0.2) is 33.2 Å². The van der Waals surface area contributed by atoms with Crippen molar-refractivity contribution in [3.8, 4) is 90.3 Å². The number of para-hydroxylation sites is 6. The van der Waals surface area contributed by atoms with Gasteiger partial charge in [-0.15, -0.1) is 11.3 Å². The van der Waals surface area contributed by atoms with Gasteiger partial charge in [0.05, 0.1) is 44.1 Å². The predicted molar refractivity (Wildman–Crippen MR) is 529 cm³/mol. The van der Waals surface area contributed by atoms with E-state index in [0.29, 0.717) is 17.6 Å². The second kappa shape index (κ2) is 28.5. The van der Waals surface area contributed by atoms with Crippen LogP contribution in [0.1, 0.15) is 0 Å². The number of benzene rings is 20. The molecular weight excluding hydrogens is 1550 g/mol. The number of nitrogens with zero attached hydrogens (tertiary/aromatic N) is 7. The van der Waals surface area contributed by atoms with Crippen molar-refractivity contribution in [2.75, 3.05) is 0 Å². The third-order valence-electron chi connectivity index (χ3n) is 25.9. The van der Waals surface area contributed by atoms with Gasteiger partial charge in [-0.3, -0.25) is 4.57 Å². The molecule has 0 unspecified atom stereocenters. The molecule has 0 amide bonds. The average Bonchev–Trinajstić information content (AvgIpc) is 1.53. The molecule has 27 rings (SSSR count). The van der Waals surface area contributed by atoms with E-state index in [9.17, 15) is 0 Å². The van der Waals surface area contributed by atoms with Crippen LogP contribution in [0.3, 0.4) is 0 Å². The maximum atomic E-state index is 6.41. The van der Waals surface area contributed by atoms with Gasteiger partial charge in [-0.1, -0.05) is 315 Å². The van der Waals surface area contributed by atoms with Gasteiger partial charge in [0, 0.05) is 108 Å². The topological polar surface area (TPSA) is 71.5 Å². The second-order valence-electron chi connectivity index (χ2n) is 32.8. The number of furan rings is 1. The number of aromatic nitrogens is 7. The summed E-state index contributed by atoms with van der Waals surface area (Å²) in [6.07, 6.45) is 0. The van der Waals surface area contributed by atoms with Gasteiger partial charge in [-0.05, 0) is 187 Å². The van der Waals surface area contributed by atoms with Crippen LogP contribution in [-0.2, 0) is 0 Å². The predicted octanol–water partition coefficient (Wildman–Crippen LogP) is 31.7. The number of rotatable bonds is 10. The zero-order chi connectivity index (χ0) is 82.6. The Morgan fingerprint density at radius 2 is 0.548 bits per heavy atom. The molecule has 0 radical (unpaired) electrons.